The van der Waals surface area contributed by atoms with Crippen LogP contribution in [0.2, 0.25) is 0 Å². The number of hydrogen-bond acceptors (Lipinski definition) is 4. The highest BCUT2D eigenvalue weighted by molar-refractivity contribution is 5.76. The summed E-state index contributed by atoms with van der Waals surface area (Å²) >= 11 is 0. The number of rotatable bonds is 4. The second-order valence-electron chi connectivity index (χ2n) is 6.17. The Kier molecular flexibility index (Phi) is 5.63. The van der Waals surface area contributed by atoms with Crippen LogP contribution in [0, 0.1) is 11.6 Å². The molecule has 7 heteroatoms. The van der Waals surface area contributed by atoms with Crippen LogP contribution in [0.15, 0.2) is 18.2 Å². The first kappa shape index (κ1) is 17.1. The molecule has 2 aliphatic heterocycles. The van der Waals surface area contributed by atoms with Gasteiger partial charge in [0.1, 0.15) is 11.9 Å². The van der Waals surface area contributed by atoms with Crippen LogP contribution in [0.5, 0.6) is 5.75 Å². The highest BCUT2D eigenvalue weighted by Crippen LogP contribution is 2.23. The lowest BCUT2D eigenvalue weighted by Gasteiger charge is -2.33. The number of carbonyl (C=O) groups is 1. The van der Waals surface area contributed by atoms with E-state index in [2.05, 4.69) is 5.32 Å². The molecular formula is C17H22F2N2O3. The topological polar surface area (TPSA) is 50.8 Å². The van der Waals surface area contributed by atoms with E-state index in [1.54, 1.807) is 4.90 Å². The lowest BCUT2D eigenvalue weighted by molar-refractivity contribution is -0.136. The zero-order chi connectivity index (χ0) is 16.9. The molecule has 0 aliphatic carbocycles. The number of halogens is 2. The summed E-state index contributed by atoms with van der Waals surface area (Å²) < 4.78 is 37.7. The van der Waals surface area contributed by atoms with Crippen molar-refractivity contribution in [3.05, 3.63) is 29.8 Å². The summed E-state index contributed by atoms with van der Waals surface area (Å²) in [6, 6.07) is 3.29. The third-order valence-electron chi connectivity index (χ3n) is 4.39. The molecule has 1 unspecified atom stereocenters. The molecule has 0 saturated carbocycles. The van der Waals surface area contributed by atoms with Crippen molar-refractivity contribution >= 4 is 5.91 Å². The SMILES string of the molecule is O=C(CC1CNCCO1)N1CCC(Oc2ccc(F)cc2F)CC1. The Hall–Kier alpha value is -1.73. The van der Waals surface area contributed by atoms with Crippen LogP contribution < -0.4 is 10.1 Å². The molecule has 0 bridgehead atoms. The fraction of sp³-hybridized carbons (Fsp3) is 0.588. The van der Waals surface area contributed by atoms with Gasteiger partial charge in [0.2, 0.25) is 5.91 Å². The van der Waals surface area contributed by atoms with Crippen molar-refractivity contribution in [1.29, 1.82) is 0 Å². The number of nitrogens with zero attached hydrogens (tertiary/aromatic N) is 1. The van der Waals surface area contributed by atoms with Crippen molar-refractivity contribution in [3.63, 3.8) is 0 Å². The van der Waals surface area contributed by atoms with Crippen molar-refractivity contribution in [1.82, 2.24) is 10.2 Å². The number of hydrogen-bond donors (Lipinski definition) is 1. The highest BCUT2D eigenvalue weighted by atomic mass is 19.1. The number of nitrogens with one attached hydrogen (secondary N) is 1. The molecule has 2 saturated heterocycles. The van der Waals surface area contributed by atoms with Gasteiger partial charge in [0, 0.05) is 45.1 Å². The minimum Gasteiger partial charge on any atom is -0.487 e. The predicted octanol–water partition coefficient (Wildman–Crippen LogP) is 1.71. The van der Waals surface area contributed by atoms with Crippen LogP contribution in [0.4, 0.5) is 8.78 Å². The second-order valence-corrected chi connectivity index (χ2v) is 6.17. The van der Waals surface area contributed by atoms with E-state index < -0.39 is 11.6 Å². The van der Waals surface area contributed by atoms with E-state index in [-0.39, 0.29) is 23.9 Å². The molecule has 2 fully saturated rings. The van der Waals surface area contributed by atoms with E-state index in [1.165, 1.54) is 12.1 Å². The van der Waals surface area contributed by atoms with E-state index in [1.807, 2.05) is 0 Å². The van der Waals surface area contributed by atoms with Crippen LogP contribution in [0.1, 0.15) is 19.3 Å². The number of amides is 1. The summed E-state index contributed by atoms with van der Waals surface area (Å²) in [4.78, 5) is 14.1. The Morgan fingerprint density at radius 1 is 1.33 bits per heavy atom. The van der Waals surface area contributed by atoms with Crippen LogP contribution in [0.3, 0.4) is 0 Å². The third-order valence-corrected chi connectivity index (χ3v) is 4.39. The van der Waals surface area contributed by atoms with E-state index in [9.17, 15) is 13.6 Å². The Bertz CT molecular complexity index is 571. The minimum absolute atomic E-state index is 0.0582. The van der Waals surface area contributed by atoms with Gasteiger partial charge in [0.25, 0.3) is 0 Å². The Morgan fingerprint density at radius 3 is 2.79 bits per heavy atom. The molecule has 1 N–H and O–H groups in total. The molecule has 3 rings (SSSR count). The average Bonchev–Trinajstić information content (AvgIpc) is 2.59. The number of morpholine rings is 1. The molecule has 1 aromatic carbocycles. The van der Waals surface area contributed by atoms with Crippen LogP contribution in [-0.2, 0) is 9.53 Å². The van der Waals surface area contributed by atoms with Crippen LogP contribution in [0.25, 0.3) is 0 Å². The molecule has 132 valence electrons. The third kappa shape index (κ3) is 4.42. The first-order valence-electron chi connectivity index (χ1n) is 8.33. The summed E-state index contributed by atoms with van der Waals surface area (Å²) in [6.07, 6.45) is 1.42. The molecule has 2 heterocycles. The van der Waals surface area contributed by atoms with Gasteiger partial charge in [-0.05, 0) is 12.1 Å². The Balaban J connectivity index is 1.45. The van der Waals surface area contributed by atoms with Gasteiger partial charge in [-0.3, -0.25) is 4.79 Å². The molecule has 1 amide bonds. The zero-order valence-electron chi connectivity index (χ0n) is 13.5. The summed E-state index contributed by atoms with van der Waals surface area (Å²) in [5.41, 5.74) is 0. The standard InChI is InChI=1S/C17H22F2N2O3/c18-12-1-2-16(15(19)9-12)24-13-3-6-21(7-4-13)17(22)10-14-11-20-5-8-23-14/h1-2,9,13-14,20H,3-8,10-11H2. The normalized spacial score (nSPS) is 22.4. The molecule has 5 nitrogen and oxygen atoms in total. The van der Waals surface area contributed by atoms with E-state index >= 15 is 0 Å². The van der Waals surface area contributed by atoms with Gasteiger partial charge >= 0.3 is 0 Å². The summed E-state index contributed by atoms with van der Waals surface area (Å²) in [5, 5.41) is 3.21. The molecule has 24 heavy (non-hydrogen) atoms. The molecule has 0 spiro atoms. The fourth-order valence-corrected chi connectivity index (χ4v) is 3.05. The van der Waals surface area contributed by atoms with Gasteiger partial charge in [-0.15, -0.1) is 0 Å². The largest absolute Gasteiger partial charge is 0.487 e. The van der Waals surface area contributed by atoms with Crippen molar-refractivity contribution in [3.8, 4) is 5.75 Å². The first-order chi connectivity index (χ1) is 11.6. The Morgan fingerprint density at radius 2 is 2.12 bits per heavy atom. The van der Waals surface area contributed by atoms with Crippen LogP contribution >= 0.6 is 0 Å². The fourth-order valence-electron chi connectivity index (χ4n) is 3.05. The van der Waals surface area contributed by atoms with Gasteiger partial charge in [-0.1, -0.05) is 0 Å². The lowest BCUT2D eigenvalue weighted by Crippen LogP contribution is -2.45. The Labute approximate surface area is 139 Å². The monoisotopic (exact) mass is 340 g/mol. The molecule has 0 radical (unpaired) electrons. The van der Waals surface area contributed by atoms with E-state index in [0.29, 0.717) is 45.5 Å². The maximum atomic E-state index is 13.6. The number of benzene rings is 1. The maximum Gasteiger partial charge on any atom is 0.225 e. The van der Waals surface area contributed by atoms with Crippen LogP contribution in [-0.4, -0.2) is 55.8 Å². The molecule has 2 aliphatic rings. The number of carbonyl (C=O) groups excluding carboxylic acids is 1. The minimum atomic E-state index is -0.699. The quantitative estimate of drug-likeness (QED) is 0.907. The van der Waals surface area contributed by atoms with Crippen molar-refractivity contribution in [2.45, 2.75) is 31.5 Å². The molecule has 0 aromatic heterocycles. The molecular weight excluding hydrogens is 318 g/mol. The van der Waals surface area contributed by atoms with Crippen molar-refractivity contribution in [2.24, 2.45) is 0 Å². The number of ether oxygens (including phenoxy) is 2. The molecule has 1 atom stereocenters. The van der Waals surface area contributed by atoms with Crippen molar-refractivity contribution < 1.29 is 23.0 Å². The highest BCUT2D eigenvalue weighted by Gasteiger charge is 2.27. The summed E-state index contributed by atoms with van der Waals surface area (Å²) in [7, 11) is 0. The lowest BCUT2D eigenvalue weighted by atomic mass is 10.1. The van der Waals surface area contributed by atoms with E-state index in [0.717, 1.165) is 12.6 Å². The summed E-state index contributed by atoms with van der Waals surface area (Å²) in [5.74, 6) is -1.19. The van der Waals surface area contributed by atoms with E-state index in [4.69, 9.17) is 9.47 Å². The summed E-state index contributed by atoms with van der Waals surface area (Å²) in [6.45, 7) is 3.32. The van der Waals surface area contributed by atoms with Gasteiger partial charge in [-0.2, -0.15) is 0 Å². The second kappa shape index (κ2) is 7.90. The zero-order valence-corrected chi connectivity index (χ0v) is 13.5. The number of likely N-dealkylation sites (tertiary alicyclic amines) is 1. The van der Waals surface area contributed by atoms with Gasteiger partial charge in [0.05, 0.1) is 19.1 Å². The number of piperidine rings is 1. The van der Waals surface area contributed by atoms with Gasteiger partial charge in [0.15, 0.2) is 11.6 Å². The predicted molar refractivity (Wildman–Crippen MR) is 83.8 cm³/mol. The molecule has 1 aromatic rings. The van der Waals surface area contributed by atoms with Gasteiger partial charge in [-0.25, -0.2) is 8.78 Å². The first-order valence-corrected chi connectivity index (χ1v) is 8.33. The van der Waals surface area contributed by atoms with Gasteiger partial charge < -0.3 is 19.7 Å². The van der Waals surface area contributed by atoms with Crippen molar-refractivity contribution in [2.75, 3.05) is 32.8 Å². The maximum absolute atomic E-state index is 13.6. The average molecular weight is 340 g/mol. The smallest absolute Gasteiger partial charge is 0.225 e.